The summed E-state index contributed by atoms with van der Waals surface area (Å²) < 4.78 is 6.49. The van der Waals surface area contributed by atoms with Crippen LogP contribution in [-0.4, -0.2) is 15.0 Å². The van der Waals surface area contributed by atoms with Gasteiger partial charge in [0.1, 0.15) is 11.2 Å². The standard InChI is InChI=1S/C48H28N4O/c49-29-30-17-19-31(20-18-30)32-21-23-34(24-22-32)46-50-47(52-48(51-46)42-27-35-11-4-5-12-37(35)39-13-6-7-14-40(39)42)36-25-26-41-44(28-36)53-43-16-8-15-38(45(41)43)33-9-2-1-3-10-33/h1-28H. The minimum atomic E-state index is 0.559. The molecule has 0 N–H and O–H groups in total. The summed E-state index contributed by atoms with van der Waals surface area (Å²) in [7, 11) is 0. The van der Waals surface area contributed by atoms with Gasteiger partial charge in [-0.25, -0.2) is 15.0 Å². The molecular weight excluding hydrogens is 649 g/mol. The van der Waals surface area contributed by atoms with Crippen LogP contribution >= 0.6 is 0 Å². The molecule has 0 radical (unpaired) electrons. The van der Waals surface area contributed by atoms with Gasteiger partial charge in [-0.1, -0.05) is 133 Å². The van der Waals surface area contributed by atoms with Crippen molar-refractivity contribution in [2.24, 2.45) is 0 Å². The maximum atomic E-state index is 9.25. The molecule has 8 aromatic carbocycles. The number of nitrogens with zero attached hydrogens (tertiary/aromatic N) is 4. The lowest BCUT2D eigenvalue weighted by atomic mass is 9.96. The van der Waals surface area contributed by atoms with Crippen LogP contribution in [0.25, 0.3) is 99.9 Å². The lowest BCUT2D eigenvalue weighted by Gasteiger charge is -2.12. The molecule has 0 atom stereocenters. The SMILES string of the molecule is N#Cc1ccc(-c2ccc(-c3nc(-c4ccc5c(c4)oc4cccc(-c6ccccc6)c45)nc(-c4cc5ccccc5c5ccccc45)n3)cc2)cc1. The predicted molar refractivity (Wildman–Crippen MR) is 214 cm³/mol. The molecule has 0 fully saturated rings. The van der Waals surface area contributed by atoms with Gasteiger partial charge in [0.15, 0.2) is 17.5 Å². The van der Waals surface area contributed by atoms with Gasteiger partial charge in [-0.05, 0) is 80.2 Å². The van der Waals surface area contributed by atoms with Gasteiger partial charge in [0.2, 0.25) is 0 Å². The van der Waals surface area contributed by atoms with Crippen molar-refractivity contribution >= 4 is 43.5 Å². The first-order valence-corrected chi connectivity index (χ1v) is 17.5. The first-order chi connectivity index (χ1) is 26.2. The van der Waals surface area contributed by atoms with Crippen molar-refractivity contribution in [3.63, 3.8) is 0 Å². The molecule has 5 heteroatoms. The highest BCUT2D eigenvalue weighted by molar-refractivity contribution is 6.14. The first-order valence-electron chi connectivity index (χ1n) is 17.5. The second kappa shape index (κ2) is 12.4. The zero-order valence-electron chi connectivity index (χ0n) is 28.4. The van der Waals surface area contributed by atoms with E-state index >= 15 is 0 Å². The van der Waals surface area contributed by atoms with E-state index in [9.17, 15) is 5.26 Å². The largest absolute Gasteiger partial charge is 0.456 e. The average Bonchev–Trinajstić information content (AvgIpc) is 3.62. The van der Waals surface area contributed by atoms with Crippen LogP contribution in [0.2, 0.25) is 0 Å². The molecule has 246 valence electrons. The molecule has 0 bridgehead atoms. The Labute approximate surface area is 305 Å². The van der Waals surface area contributed by atoms with Crippen molar-refractivity contribution in [3.8, 4) is 62.5 Å². The maximum Gasteiger partial charge on any atom is 0.164 e. The summed E-state index contributed by atoms with van der Waals surface area (Å²) >= 11 is 0. The van der Waals surface area contributed by atoms with Crippen molar-refractivity contribution in [1.29, 1.82) is 5.26 Å². The fourth-order valence-corrected chi connectivity index (χ4v) is 7.37. The summed E-state index contributed by atoms with van der Waals surface area (Å²) in [6, 6.07) is 59.9. The number of hydrogen-bond acceptors (Lipinski definition) is 5. The second-order valence-corrected chi connectivity index (χ2v) is 13.1. The van der Waals surface area contributed by atoms with E-state index in [0.29, 0.717) is 23.0 Å². The summed E-state index contributed by atoms with van der Waals surface area (Å²) in [4.78, 5) is 15.4. The van der Waals surface area contributed by atoms with Crippen LogP contribution in [0, 0.1) is 11.3 Å². The molecule has 0 spiro atoms. The highest BCUT2D eigenvalue weighted by atomic mass is 16.3. The number of hydrogen-bond donors (Lipinski definition) is 0. The van der Waals surface area contributed by atoms with E-state index in [-0.39, 0.29) is 0 Å². The number of benzene rings is 8. The fourth-order valence-electron chi connectivity index (χ4n) is 7.37. The molecule has 2 heterocycles. The Hall–Kier alpha value is -7.42. The lowest BCUT2D eigenvalue weighted by Crippen LogP contribution is -2.01. The van der Waals surface area contributed by atoms with Gasteiger partial charge < -0.3 is 4.42 Å². The van der Waals surface area contributed by atoms with E-state index in [1.165, 1.54) is 5.39 Å². The van der Waals surface area contributed by atoms with E-state index < -0.39 is 0 Å². The molecule has 10 aromatic rings. The van der Waals surface area contributed by atoms with Gasteiger partial charge in [0.25, 0.3) is 0 Å². The Balaban J connectivity index is 1.16. The second-order valence-electron chi connectivity index (χ2n) is 13.1. The van der Waals surface area contributed by atoms with Crippen molar-refractivity contribution < 1.29 is 4.42 Å². The van der Waals surface area contributed by atoms with Gasteiger partial charge in [0, 0.05) is 27.5 Å². The molecule has 0 saturated heterocycles. The topological polar surface area (TPSA) is 75.6 Å². The summed E-state index contributed by atoms with van der Waals surface area (Å²) in [5.41, 5.74) is 9.23. The lowest BCUT2D eigenvalue weighted by molar-refractivity contribution is 0.669. The van der Waals surface area contributed by atoms with Crippen molar-refractivity contribution in [3.05, 3.63) is 175 Å². The Morgan fingerprint density at radius 2 is 1.02 bits per heavy atom. The maximum absolute atomic E-state index is 9.25. The van der Waals surface area contributed by atoms with Crippen LogP contribution < -0.4 is 0 Å². The third-order valence-electron chi connectivity index (χ3n) is 9.97. The fraction of sp³-hybridized carbons (Fsp3) is 0. The predicted octanol–water partition coefficient (Wildman–Crippen LogP) is 12.3. The molecular formula is C48H28N4O. The van der Waals surface area contributed by atoms with Gasteiger partial charge in [-0.2, -0.15) is 5.26 Å². The first kappa shape index (κ1) is 30.4. The minimum Gasteiger partial charge on any atom is -0.456 e. The quantitative estimate of drug-likeness (QED) is 0.170. The van der Waals surface area contributed by atoms with E-state index in [2.05, 4.69) is 115 Å². The van der Waals surface area contributed by atoms with E-state index in [4.69, 9.17) is 19.4 Å². The summed E-state index contributed by atoms with van der Waals surface area (Å²) in [6.07, 6.45) is 0. The number of aromatic nitrogens is 3. The minimum absolute atomic E-state index is 0.559. The van der Waals surface area contributed by atoms with Gasteiger partial charge in [0.05, 0.1) is 11.6 Å². The Kier molecular flexibility index (Phi) is 7.12. The molecule has 53 heavy (non-hydrogen) atoms. The molecule has 0 aliphatic heterocycles. The van der Waals surface area contributed by atoms with Crippen LogP contribution in [-0.2, 0) is 0 Å². The monoisotopic (exact) mass is 676 g/mol. The van der Waals surface area contributed by atoms with Crippen LogP contribution in [0.4, 0.5) is 0 Å². The van der Waals surface area contributed by atoms with Gasteiger partial charge in [-0.3, -0.25) is 0 Å². The Morgan fingerprint density at radius 1 is 0.396 bits per heavy atom. The molecule has 5 nitrogen and oxygen atoms in total. The van der Waals surface area contributed by atoms with Gasteiger partial charge >= 0.3 is 0 Å². The van der Waals surface area contributed by atoms with E-state index in [0.717, 1.165) is 77.0 Å². The Morgan fingerprint density at radius 3 is 1.79 bits per heavy atom. The number of fused-ring (bicyclic) bond motifs is 6. The van der Waals surface area contributed by atoms with Crippen molar-refractivity contribution in [2.45, 2.75) is 0 Å². The third kappa shape index (κ3) is 5.29. The van der Waals surface area contributed by atoms with Crippen LogP contribution in [0.1, 0.15) is 5.56 Å². The van der Waals surface area contributed by atoms with Crippen LogP contribution in [0.3, 0.4) is 0 Å². The molecule has 10 rings (SSSR count). The summed E-state index contributed by atoms with van der Waals surface area (Å²) in [5, 5.41) is 15.9. The van der Waals surface area contributed by atoms with Gasteiger partial charge in [-0.15, -0.1) is 0 Å². The van der Waals surface area contributed by atoms with E-state index in [1.807, 2.05) is 60.7 Å². The van der Waals surface area contributed by atoms with Crippen LogP contribution in [0.15, 0.2) is 174 Å². The molecule has 0 aliphatic carbocycles. The zero-order chi connectivity index (χ0) is 35.3. The molecule has 0 amide bonds. The smallest absolute Gasteiger partial charge is 0.164 e. The molecule has 0 saturated carbocycles. The zero-order valence-corrected chi connectivity index (χ0v) is 28.4. The number of nitriles is 1. The third-order valence-corrected chi connectivity index (χ3v) is 9.97. The van der Waals surface area contributed by atoms with Crippen LogP contribution in [0.5, 0.6) is 0 Å². The average molecular weight is 677 g/mol. The summed E-state index contributed by atoms with van der Waals surface area (Å²) in [5.74, 6) is 1.73. The molecule has 2 aromatic heterocycles. The molecule has 0 aliphatic rings. The number of furan rings is 1. The highest BCUT2D eigenvalue weighted by Gasteiger charge is 2.18. The van der Waals surface area contributed by atoms with Crippen molar-refractivity contribution in [1.82, 2.24) is 15.0 Å². The van der Waals surface area contributed by atoms with Crippen molar-refractivity contribution in [2.75, 3.05) is 0 Å². The molecule has 0 unspecified atom stereocenters. The normalized spacial score (nSPS) is 11.4. The number of rotatable bonds is 5. The highest BCUT2D eigenvalue weighted by Crippen LogP contribution is 2.39. The summed E-state index contributed by atoms with van der Waals surface area (Å²) in [6.45, 7) is 0. The van der Waals surface area contributed by atoms with E-state index in [1.54, 1.807) is 0 Å². The Bertz CT molecular complexity index is 3050.